The molecule has 0 aliphatic carbocycles. The van der Waals surface area contributed by atoms with Gasteiger partial charge in [-0.05, 0) is 18.8 Å². The molecule has 0 spiro atoms. The molecule has 5 heteroatoms. The summed E-state index contributed by atoms with van der Waals surface area (Å²) in [6.45, 7) is 11.4. The zero-order chi connectivity index (χ0) is 15.3. The summed E-state index contributed by atoms with van der Waals surface area (Å²) in [5.74, 6) is -1.31. The van der Waals surface area contributed by atoms with Crippen LogP contribution in [0.4, 0.5) is 0 Å². The van der Waals surface area contributed by atoms with Gasteiger partial charge in [-0.25, -0.2) is 0 Å². The minimum absolute atomic E-state index is 0.0514. The Hall–Kier alpha value is -1.10. The molecule has 0 aromatic heterocycles. The van der Waals surface area contributed by atoms with Gasteiger partial charge >= 0.3 is 5.97 Å². The summed E-state index contributed by atoms with van der Waals surface area (Å²) >= 11 is 0. The van der Waals surface area contributed by atoms with Gasteiger partial charge in [-0.2, -0.15) is 0 Å². The van der Waals surface area contributed by atoms with E-state index >= 15 is 0 Å². The van der Waals surface area contributed by atoms with Crippen LogP contribution < -0.4 is 0 Å². The summed E-state index contributed by atoms with van der Waals surface area (Å²) in [6.07, 6.45) is 0.825. The lowest BCUT2D eigenvalue weighted by Crippen LogP contribution is -2.54. The van der Waals surface area contributed by atoms with Gasteiger partial charge in [0, 0.05) is 6.54 Å². The Morgan fingerprint density at radius 3 is 2.50 bits per heavy atom. The van der Waals surface area contributed by atoms with Gasteiger partial charge in [-0.3, -0.25) is 9.59 Å². The number of carbonyl (C=O) groups is 2. The Balaban J connectivity index is 2.94. The summed E-state index contributed by atoms with van der Waals surface area (Å²) in [4.78, 5) is 26.8. The van der Waals surface area contributed by atoms with Gasteiger partial charge in [-0.15, -0.1) is 0 Å². The van der Waals surface area contributed by atoms with Crippen LogP contribution in [0.2, 0.25) is 0 Å². The summed E-state index contributed by atoms with van der Waals surface area (Å²) in [7, 11) is 0. The molecule has 0 saturated carbocycles. The molecule has 2 unspecified atom stereocenters. The average molecular weight is 285 g/mol. The normalized spacial score (nSPS) is 21.4. The van der Waals surface area contributed by atoms with Crippen LogP contribution in [0.3, 0.4) is 0 Å². The number of amides is 1. The molecule has 20 heavy (non-hydrogen) atoms. The van der Waals surface area contributed by atoms with Crippen molar-refractivity contribution in [2.24, 2.45) is 11.3 Å². The maximum Gasteiger partial charge on any atom is 0.319 e. The molecule has 1 fully saturated rings. The standard InChI is InChI=1S/C15H27NO4/c1-6-11-10-19-9-8-16(11)13(17)12(15(3,4)5)14(18)20-7-2/h11-12H,6-10H2,1-5H3. The summed E-state index contributed by atoms with van der Waals surface area (Å²) < 4.78 is 10.5. The number of morpholine rings is 1. The lowest BCUT2D eigenvalue weighted by atomic mass is 9.79. The number of nitrogens with zero attached hydrogens (tertiary/aromatic N) is 1. The van der Waals surface area contributed by atoms with E-state index in [1.54, 1.807) is 11.8 Å². The molecular weight excluding hydrogens is 258 g/mol. The molecule has 0 aromatic carbocycles. The third kappa shape index (κ3) is 3.95. The van der Waals surface area contributed by atoms with Crippen molar-refractivity contribution in [1.29, 1.82) is 0 Å². The first-order valence-electron chi connectivity index (χ1n) is 7.37. The Kier molecular flexibility index (Phi) is 5.99. The summed E-state index contributed by atoms with van der Waals surface area (Å²) in [5.41, 5.74) is -0.458. The molecule has 0 N–H and O–H groups in total. The second kappa shape index (κ2) is 7.07. The van der Waals surface area contributed by atoms with Crippen LogP contribution in [0.25, 0.3) is 0 Å². The van der Waals surface area contributed by atoms with Crippen molar-refractivity contribution >= 4 is 11.9 Å². The van der Waals surface area contributed by atoms with Crippen molar-refractivity contribution in [2.75, 3.05) is 26.4 Å². The highest BCUT2D eigenvalue weighted by Crippen LogP contribution is 2.30. The van der Waals surface area contributed by atoms with Gasteiger partial charge < -0.3 is 14.4 Å². The minimum atomic E-state index is -0.755. The van der Waals surface area contributed by atoms with Gasteiger partial charge in [-0.1, -0.05) is 27.7 Å². The molecule has 1 amide bonds. The molecule has 0 radical (unpaired) electrons. The van der Waals surface area contributed by atoms with Crippen molar-refractivity contribution in [1.82, 2.24) is 4.90 Å². The largest absolute Gasteiger partial charge is 0.465 e. The van der Waals surface area contributed by atoms with E-state index in [-0.39, 0.29) is 11.9 Å². The quantitative estimate of drug-likeness (QED) is 0.584. The lowest BCUT2D eigenvalue weighted by Gasteiger charge is -2.39. The Labute approximate surface area is 121 Å². The van der Waals surface area contributed by atoms with Gasteiger partial charge in [0.2, 0.25) is 5.91 Å². The summed E-state index contributed by atoms with van der Waals surface area (Å²) in [6, 6.07) is 0.0514. The number of esters is 1. The van der Waals surface area contributed by atoms with Crippen molar-refractivity contribution in [2.45, 2.75) is 47.1 Å². The van der Waals surface area contributed by atoms with Gasteiger partial charge in [0.25, 0.3) is 0 Å². The number of rotatable bonds is 4. The molecule has 1 heterocycles. The van der Waals surface area contributed by atoms with Crippen molar-refractivity contribution in [3.05, 3.63) is 0 Å². The molecule has 0 aromatic rings. The van der Waals surface area contributed by atoms with E-state index in [4.69, 9.17) is 9.47 Å². The third-order valence-corrected chi connectivity index (χ3v) is 3.62. The average Bonchev–Trinajstić information content (AvgIpc) is 2.37. The zero-order valence-corrected chi connectivity index (χ0v) is 13.3. The van der Waals surface area contributed by atoms with E-state index < -0.39 is 17.3 Å². The van der Waals surface area contributed by atoms with Crippen LogP contribution in [0, 0.1) is 11.3 Å². The second-order valence-corrected chi connectivity index (χ2v) is 6.22. The van der Waals surface area contributed by atoms with Crippen molar-refractivity contribution in [3.63, 3.8) is 0 Å². The molecule has 116 valence electrons. The predicted molar refractivity (Wildman–Crippen MR) is 76.2 cm³/mol. The lowest BCUT2D eigenvalue weighted by molar-refractivity contribution is -0.164. The molecular formula is C15H27NO4. The Morgan fingerprint density at radius 1 is 1.35 bits per heavy atom. The van der Waals surface area contributed by atoms with E-state index in [1.165, 1.54) is 0 Å². The second-order valence-electron chi connectivity index (χ2n) is 6.22. The van der Waals surface area contributed by atoms with Gasteiger partial charge in [0.1, 0.15) is 5.92 Å². The smallest absolute Gasteiger partial charge is 0.319 e. The fourth-order valence-electron chi connectivity index (χ4n) is 2.50. The molecule has 1 aliphatic heterocycles. The van der Waals surface area contributed by atoms with Crippen molar-refractivity contribution in [3.8, 4) is 0 Å². The van der Waals surface area contributed by atoms with E-state index in [2.05, 4.69) is 0 Å². The fourth-order valence-corrected chi connectivity index (χ4v) is 2.50. The van der Waals surface area contributed by atoms with Crippen LogP contribution in [0.15, 0.2) is 0 Å². The zero-order valence-electron chi connectivity index (χ0n) is 13.3. The number of hydrogen-bond donors (Lipinski definition) is 0. The highest BCUT2D eigenvalue weighted by molar-refractivity contribution is 5.98. The first kappa shape index (κ1) is 17.0. The molecule has 1 saturated heterocycles. The van der Waals surface area contributed by atoms with Crippen LogP contribution in [-0.4, -0.2) is 49.2 Å². The topological polar surface area (TPSA) is 55.8 Å². The first-order valence-corrected chi connectivity index (χ1v) is 7.37. The molecule has 0 bridgehead atoms. The fraction of sp³-hybridized carbons (Fsp3) is 0.867. The monoisotopic (exact) mass is 285 g/mol. The SMILES string of the molecule is CCOC(=O)C(C(=O)N1CCOCC1CC)C(C)(C)C. The van der Waals surface area contributed by atoms with E-state index in [0.29, 0.717) is 26.4 Å². The number of carbonyl (C=O) groups excluding carboxylic acids is 2. The maximum absolute atomic E-state index is 12.8. The van der Waals surface area contributed by atoms with Gasteiger partial charge in [0.05, 0.1) is 25.9 Å². The van der Waals surface area contributed by atoms with E-state index in [9.17, 15) is 9.59 Å². The molecule has 5 nitrogen and oxygen atoms in total. The predicted octanol–water partition coefficient (Wildman–Crippen LogP) is 1.85. The highest BCUT2D eigenvalue weighted by atomic mass is 16.5. The van der Waals surface area contributed by atoms with Crippen LogP contribution in [0.5, 0.6) is 0 Å². The Bertz CT molecular complexity index is 348. The Morgan fingerprint density at radius 2 is 2.00 bits per heavy atom. The van der Waals surface area contributed by atoms with Crippen LogP contribution >= 0.6 is 0 Å². The molecule has 1 aliphatic rings. The van der Waals surface area contributed by atoms with Crippen LogP contribution in [-0.2, 0) is 19.1 Å². The van der Waals surface area contributed by atoms with Gasteiger partial charge in [0.15, 0.2) is 0 Å². The van der Waals surface area contributed by atoms with E-state index in [0.717, 1.165) is 6.42 Å². The first-order chi connectivity index (χ1) is 9.32. The maximum atomic E-state index is 12.8. The minimum Gasteiger partial charge on any atom is -0.465 e. The van der Waals surface area contributed by atoms with E-state index in [1.807, 2.05) is 27.7 Å². The molecule has 1 rings (SSSR count). The van der Waals surface area contributed by atoms with Crippen molar-refractivity contribution < 1.29 is 19.1 Å². The highest BCUT2D eigenvalue weighted by Gasteiger charge is 2.43. The third-order valence-electron chi connectivity index (χ3n) is 3.62. The summed E-state index contributed by atoms with van der Waals surface area (Å²) in [5, 5.41) is 0. The van der Waals surface area contributed by atoms with Crippen LogP contribution in [0.1, 0.15) is 41.0 Å². The number of ether oxygens (including phenoxy) is 2. The number of hydrogen-bond acceptors (Lipinski definition) is 4. The molecule has 2 atom stereocenters.